The minimum absolute atomic E-state index is 0. The number of nitrogens with zero attached hydrogens (tertiary/aromatic N) is 3. The first-order chi connectivity index (χ1) is 10.8. The number of rotatable bonds is 5. The van der Waals surface area contributed by atoms with Crippen LogP contribution in [0.25, 0.3) is 0 Å². The van der Waals surface area contributed by atoms with Crippen molar-refractivity contribution >= 4 is 12.4 Å². The van der Waals surface area contributed by atoms with Crippen molar-refractivity contribution < 1.29 is 0 Å². The van der Waals surface area contributed by atoms with Gasteiger partial charge in [0.15, 0.2) is 0 Å². The highest BCUT2D eigenvalue weighted by Crippen LogP contribution is 2.24. The highest BCUT2D eigenvalue weighted by molar-refractivity contribution is 5.85. The fraction of sp³-hybridized carbons (Fsp3) is 0.500. The van der Waals surface area contributed by atoms with Crippen molar-refractivity contribution in [3.8, 4) is 0 Å². The molecule has 126 valence electrons. The van der Waals surface area contributed by atoms with Crippen LogP contribution in [0.4, 0.5) is 0 Å². The zero-order valence-electron chi connectivity index (χ0n) is 14.0. The Morgan fingerprint density at radius 1 is 1.17 bits per heavy atom. The summed E-state index contributed by atoms with van der Waals surface area (Å²) in [6, 6.07) is 11.7. The first-order valence-electron chi connectivity index (χ1n) is 8.36. The molecule has 4 nitrogen and oxygen atoms in total. The molecule has 23 heavy (non-hydrogen) atoms. The van der Waals surface area contributed by atoms with Crippen LogP contribution in [0.1, 0.15) is 36.7 Å². The van der Waals surface area contributed by atoms with Gasteiger partial charge in [0, 0.05) is 45.0 Å². The Labute approximate surface area is 145 Å². The number of aromatic nitrogens is 2. The Morgan fingerprint density at radius 3 is 2.65 bits per heavy atom. The summed E-state index contributed by atoms with van der Waals surface area (Å²) < 4.78 is 2.10. The molecule has 3 rings (SSSR count). The van der Waals surface area contributed by atoms with Crippen LogP contribution in [-0.2, 0) is 19.5 Å². The molecule has 2 heterocycles. The predicted molar refractivity (Wildman–Crippen MR) is 97.0 cm³/mol. The Morgan fingerprint density at radius 2 is 1.96 bits per heavy atom. The minimum atomic E-state index is 0. The number of piperazine rings is 1. The van der Waals surface area contributed by atoms with E-state index in [0.29, 0.717) is 6.04 Å². The van der Waals surface area contributed by atoms with E-state index in [1.54, 1.807) is 0 Å². The van der Waals surface area contributed by atoms with E-state index >= 15 is 0 Å². The molecular formula is C18H27ClN4. The van der Waals surface area contributed by atoms with Gasteiger partial charge in [0.1, 0.15) is 0 Å². The first-order valence-corrected chi connectivity index (χ1v) is 8.36. The number of nitrogens with one attached hydrogen (secondary N) is 1. The van der Waals surface area contributed by atoms with E-state index in [1.165, 1.54) is 16.8 Å². The van der Waals surface area contributed by atoms with Gasteiger partial charge in [-0.1, -0.05) is 31.2 Å². The maximum atomic E-state index is 4.40. The molecule has 1 aromatic carbocycles. The second-order valence-corrected chi connectivity index (χ2v) is 5.92. The molecule has 1 atom stereocenters. The lowest BCUT2D eigenvalue weighted by atomic mass is 10.0. The number of benzene rings is 1. The zero-order valence-corrected chi connectivity index (χ0v) is 14.9. The van der Waals surface area contributed by atoms with Crippen LogP contribution in [0, 0.1) is 0 Å². The molecule has 1 saturated heterocycles. The van der Waals surface area contributed by atoms with Gasteiger partial charge in [-0.2, -0.15) is 5.10 Å². The summed E-state index contributed by atoms with van der Waals surface area (Å²) in [5, 5.41) is 7.93. The maximum Gasteiger partial charge on any atom is 0.0524 e. The molecule has 1 aromatic heterocycles. The lowest BCUT2D eigenvalue weighted by molar-refractivity contribution is 0.149. The third kappa shape index (κ3) is 4.14. The predicted octanol–water partition coefficient (Wildman–Crippen LogP) is 3.03. The van der Waals surface area contributed by atoms with Gasteiger partial charge < -0.3 is 5.32 Å². The summed E-state index contributed by atoms with van der Waals surface area (Å²) in [4.78, 5) is 2.57. The van der Waals surface area contributed by atoms with E-state index in [4.69, 9.17) is 0 Å². The second kappa shape index (κ2) is 8.48. The fourth-order valence-corrected chi connectivity index (χ4v) is 3.23. The average molecular weight is 335 g/mol. The van der Waals surface area contributed by atoms with Crippen molar-refractivity contribution in [2.75, 3.05) is 19.6 Å². The molecule has 1 aliphatic rings. The quantitative estimate of drug-likeness (QED) is 0.912. The number of hydrogen-bond acceptors (Lipinski definition) is 3. The van der Waals surface area contributed by atoms with Crippen LogP contribution in [-0.4, -0.2) is 34.3 Å². The van der Waals surface area contributed by atoms with Crippen molar-refractivity contribution in [1.82, 2.24) is 20.0 Å². The van der Waals surface area contributed by atoms with Crippen LogP contribution >= 0.6 is 12.4 Å². The summed E-state index contributed by atoms with van der Waals surface area (Å²) in [6.45, 7) is 9.41. The normalized spacial score (nSPS) is 18.6. The largest absolute Gasteiger partial charge is 0.314 e. The third-order valence-electron chi connectivity index (χ3n) is 4.60. The van der Waals surface area contributed by atoms with Gasteiger partial charge in [0.2, 0.25) is 0 Å². The number of hydrogen-bond donors (Lipinski definition) is 1. The van der Waals surface area contributed by atoms with E-state index in [-0.39, 0.29) is 12.4 Å². The van der Waals surface area contributed by atoms with E-state index < -0.39 is 0 Å². The summed E-state index contributed by atoms with van der Waals surface area (Å²) >= 11 is 0. The molecule has 0 amide bonds. The van der Waals surface area contributed by atoms with Crippen LogP contribution in [0.2, 0.25) is 0 Å². The lowest BCUT2D eigenvalue weighted by Gasteiger charge is -2.36. The van der Waals surface area contributed by atoms with E-state index in [9.17, 15) is 0 Å². The van der Waals surface area contributed by atoms with Gasteiger partial charge in [0.05, 0.1) is 5.69 Å². The van der Waals surface area contributed by atoms with Crippen molar-refractivity contribution in [2.24, 2.45) is 0 Å². The standard InChI is InChI=1S/C18H26N4.ClH/c1-3-15-5-7-16(8-6-15)18-13-19-11-12-21(18)14-17-9-10-20-22(17)4-2;/h5-10,18-19H,3-4,11-14H2,1-2H3;1H. The van der Waals surface area contributed by atoms with E-state index in [1.807, 2.05) is 6.20 Å². The molecule has 0 radical (unpaired) electrons. The highest BCUT2D eigenvalue weighted by Gasteiger charge is 2.24. The average Bonchev–Trinajstić information content (AvgIpc) is 3.03. The van der Waals surface area contributed by atoms with Crippen LogP contribution in [0.3, 0.4) is 0 Å². The Hall–Kier alpha value is -1.36. The van der Waals surface area contributed by atoms with E-state index in [0.717, 1.165) is 39.1 Å². The number of halogens is 1. The third-order valence-corrected chi connectivity index (χ3v) is 4.60. The van der Waals surface area contributed by atoms with Crippen molar-refractivity contribution in [3.05, 3.63) is 53.3 Å². The maximum absolute atomic E-state index is 4.40. The molecular weight excluding hydrogens is 308 g/mol. The minimum Gasteiger partial charge on any atom is -0.314 e. The summed E-state index contributed by atoms with van der Waals surface area (Å²) in [7, 11) is 0. The second-order valence-electron chi connectivity index (χ2n) is 5.92. The first kappa shape index (κ1) is 18.0. The van der Waals surface area contributed by atoms with Crippen molar-refractivity contribution in [2.45, 2.75) is 39.4 Å². The molecule has 0 bridgehead atoms. The van der Waals surface area contributed by atoms with Gasteiger partial charge in [-0.05, 0) is 30.5 Å². The molecule has 1 fully saturated rings. The summed E-state index contributed by atoms with van der Waals surface area (Å²) in [5.74, 6) is 0. The van der Waals surface area contributed by atoms with Gasteiger partial charge in [-0.25, -0.2) is 0 Å². The monoisotopic (exact) mass is 334 g/mol. The molecule has 0 spiro atoms. The van der Waals surface area contributed by atoms with Crippen molar-refractivity contribution in [3.63, 3.8) is 0 Å². The molecule has 1 unspecified atom stereocenters. The highest BCUT2D eigenvalue weighted by atomic mass is 35.5. The molecule has 2 aromatic rings. The molecule has 1 aliphatic heterocycles. The summed E-state index contributed by atoms with van der Waals surface area (Å²) in [6.07, 6.45) is 3.01. The fourth-order valence-electron chi connectivity index (χ4n) is 3.23. The lowest BCUT2D eigenvalue weighted by Crippen LogP contribution is -2.45. The topological polar surface area (TPSA) is 33.1 Å². The Bertz CT molecular complexity index is 593. The van der Waals surface area contributed by atoms with Gasteiger partial charge in [0.25, 0.3) is 0 Å². The van der Waals surface area contributed by atoms with Gasteiger partial charge in [-0.3, -0.25) is 9.58 Å². The van der Waals surface area contributed by atoms with E-state index in [2.05, 4.69) is 64.2 Å². The van der Waals surface area contributed by atoms with Crippen molar-refractivity contribution in [1.29, 1.82) is 0 Å². The SMILES string of the molecule is CCc1ccc(C2CNCCN2Cc2ccnn2CC)cc1.Cl. The van der Waals surface area contributed by atoms with Gasteiger partial charge in [-0.15, -0.1) is 12.4 Å². The molecule has 0 saturated carbocycles. The van der Waals surface area contributed by atoms with Gasteiger partial charge >= 0.3 is 0 Å². The molecule has 5 heteroatoms. The zero-order chi connectivity index (χ0) is 15.4. The van der Waals surface area contributed by atoms with Crippen LogP contribution in [0.5, 0.6) is 0 Å². The number of aryl methyl sites for hydroxylation is 2. The smallest absolute Gasteiger partial charge is 0.0524 e. The van der Waals surface area contributed by atoms with Crippen LogP contribution in [0.15, 0.2) is 36.5 Å². The molecule has 0 aliphatic carbocycles. The molecule has 1 N–H and O–H groups in total. The summed E-state index contributed by atoms with van der Waals surface area (Å²) in [5.41, 5.74) is 4.12. The Kier molecular flexibility index (Phi) is 6.63. The Balaban J connectivity index is 0.00000192. The van der Waals surface area contributed by atoms with Crippen LogP contribution < -0.4 is 5.32 Å².